The number of para-hydroxylation sites is 1. The molecule has 9 nitrogen and oxygen atoms in total. The molecule has 0 saturated heterocycles. The lowest BCUT2D eigenvalue weighted by atomic mass is 10.1. The van der Waals surface area contributed by atoms with Crippen molar-refractivity contribution in [3.8, 4) is 0 Å². The number of rotatable bonds is 5. The van der Waals surface area contributed by atoms with Crippen LogP contribution in [-0.4, -0.2) is 15.0 Å². The van der Waals surface area contributed by atoms with Gasteiger partial charge in [-0.15, -0.1) is 10.2 Å². The molecule has 1 heterocycles. The summed E-state index contributed by atoms with van der Waals surface area (Å²) < 4.78 is 4.00. The molecule has 0 N–H and O–H groups in total. The van der Waals surface area contributed by atoms with E-state index in [2.05, 4.69) is 14.6 Å². The molecule has 12 heteroatoms. The van der Waals surface area contributed by atoms with Crippen molar-refractivity contribution in [3.63, 3.8) is 0 Å². The van der Waals surface area contributed by atoms with Crippen LogP contribution in [0.1, 0.15) is 5.56 Å². The van der Waals surface area contributed by atoms with Crippen LogP contribution < -0.4 is 0 Å². The van der Waals surface area contributed by atoms with Crippen molar-refractivity contribution < 1.29 is 9.85 Å². The summed E-state index contributed by atoms with van der Waals surface area (Å²) in [6.07, 6.45) is 0. The summed E-state index contributed by atoms with van der Waals surface area (Å²) in [6, 6.07) is 11.6. The summed E-state index contributed by atoms with van der Waals surface area (Å²) in [6.45, 7) is 0. The van der Waals surface area contributed by atoms with Gasteiger partial charge in [0, 0.05) is 23.8 Å². The van der Waals surface area contributed by atoms with Gasteiger partial charge in [0.2, 0.25) is 0 Å². The molecule has 27 heavy (non-hydrogen) atoms. The van der Waals surface area contributed by atoms with E-state index in [1.165, 1.54) is 53.3 Å². The van der Waals surface area contributed by atoms with Crippen molar-refractivity contribution >= 4 is 61.3 Å². The van der Waals surface area contributed by atoms with Gasteiger partial charge in [-0.25, -0.2) is 0 Å². The van der Waals surface area contributed by atoms with Crippen LogP contribution in [0.15, 0.2) is 68.1 Å². The van der Waals surface area contributed by atoms with Gasteiger partial charge in [0.1, 0.15) is 5.70 Å². The fourth-order valence-electron chi connectivity index (χ4n) is 2.08. The molecule has 0 atom stereocenters. The Morgan fingerprint density at radius 1 is 1.04 bits per heavy atom. The number of nitro benzene ring substituents is 2. The third-order valence-electron chi connectivity index (χ3n) is 3.33. The van der Waals surface area contributed by atoms with Gasteiger partial charge in [0.25, 0.3) is 11.4 Å². The highest BCUT2D eigenvalue weighted by atomic mass is 35.5. The third kappa shape index (κ3) is 4.32. The van der Waals surface area contributed by atoms with Gasteiger partial charge >= 0.3 is 0 Å². The number of non-ortho nitro benzene ring substituents is 1. The summed E-state index contributed by atoms with van der Waals surface area (Å²) in [5, 5.41) is 30.3. The van der Waals surface area contributed by atoms with Crippen molar-refractivity contribution in [2.75, 3.05) is 0 Å². The summed E-state index contributed by atoms with van der Waals surface area (Å²) >= 11 is 6.10. The highest BCUT2D eigenvalue weighted by Crippen LogP contribution is 2.45. The van der Waals surface area contributed by atoms with Gasteiger partial charge in [-0.2, -0.15) is 4.40 Å². The first kappa shape index (κ1) is 19.0. The monoisotopic (exact) mass is 421 g/mol. The Morgan fingerprint density at radius 2 is 1.74 bits per heavy atom. The second-order valence-corrected chi connectivity index (χ2v) is 7.18. The molecular weight excluding hydrogens is 414 g/mol. The zero-order valence-electron chi connectivity index (χ0n) is 13.2. The van der Waals surface area contributed by atoms with Crippen LogP contribution in [0.4, 0.5) is 17.1 Å². The molecule has 0 spiro atoms. The number of allylic oxidation sites excluding steroid dienone is 1. The van der Waals surface area contributed by atoms with Crippen molar-refractivity contribution in [2.45, 2.75) is 0 Å². The van der Waals surface area contributed by atoms with Crippen LogP contribution in [0.5, 0.6) is 0 Å². The third-order valence-corrected chi connectivity index (χ3v) is 5.65. The van der Waals surface area contributed by atoms with E-state index in [1.54, 1.807) is 6.07 Å². The Morgan fingerprint density at radius 3 is 2.33 bits per heavy atom. The Kier molecular flexibility index (Phi) is 5.84. The fraction of sp³-hybridized carbons (Fsp3) is 0. The molecule has 0 aromatic heterocycles. The molecule has 0 saturated carbocycles. The molecule has 0 fully saturated rings. The molecule has 0 radical (unpaired) electrons. The zero-order chi connectivity index (χ0) is 19.4. The quantitative estimate of drug-likeness (QED) is 0.194. The standard InChI is InChI=1S/C15H8ClN5O4S2/c16-15-14(26-27-19-15)13(9-5-7-10(8-6-9)20(22)23)18-17-11-3-1-2-4-12(11)21(24)25/h1-8H/b14-13+,18-17?. The second kappa shape index (κ2) is 8.29. The highest BCUT2D eigenvalue weighted by Gasteiger charge is 2.21. The molecule has 1 aliphatic heterocycles. The summed E-state index contributed by atoms with van der Waals surface area (Å²) in [5.74, 6) is 0. The van der Waals surface area contributed by atoms with Gasteiger partial charge in [0.05, 0.1) is 25.7 Å². The number of benzene rings is 2. The molecule has 1 aliphatic rings. The lowest BCUT2D eigenvalue weighted by Gasteiger charge is -2.05. The van der Waals surface area contributed by atoms with E-state index in [0.717, 1.165) is 11.0 Å². The minimum Gasteiger partial charge on any atom is -0.258 e. The van der Waals surface area contributed by atoms with Crippen molar-refractivity contribution in [3.05, 3.63) is 79.2 Å². The van der Waals surface area contributed by atoms with E-state index in [4.69, 9.17) is 11.6 Å². The second-order valence-electron chi connectivity index (χ2n) is 4.97. The maximum Gasteiger partial charge on any atom is 0.296 e. The SMILES string of the molecule is O=[N+]([O-])c1ccc(/C(N=Nc2ccccc2[N+](=O)[O-])=C2\SSN=C2Cl)cc1. The molecule has 0 bridgehead atoms. The lowest BCUT2D eigenvalue weighted by molar-refractivity contribution is -0.384. The molecule has 2 aromatic rings. The predicted molar refractivity (Wildman–Crippen MR) is 106 cm³/mol. The van der Waals surface area contributed by atoms with Crippen LogP contribution in [0.3, 0.4) is 0 Å². The predicted octanol–water partition coefficient (Wildman–Crippen LogP) is 5.90. The van der Waals surface area contributed by atoms with E-state index in [9.17, 15) is 20.2 Å². The maximum absolute atomic E-state index is 11.1. The highest BCUT2D eigenvalue weighted by molar-refractivity contribution is 8.78. The number of nitro groups is 2. The van der Waals surface area contributed by atoms with Crippen molar-refractivity contribution in [1.29, 1.82) is 0 Å². The van der Waals surface area contributed by atoms with Crippen LogP contribution in [-0.2, 0) is 0 Å². The Labute approximate surface area is 165 Å². The largest absolute Gasteiger partial charge is 0.296 e. The number of hydrogen-bond acceptors (Lipinski definition) is 9. The number of azo groups is 1. The van der Waals surface area contributed by atoms with Gasteiger partial charge in [-0.1, -0.05) is 23.7 Å². The number of nitrogens with zero attached hydrogens (tertiary/aromatic N) is 5. The van der Waals surface area contributed by atoms with Crippen LogP contribution in [0.25, 0.3) is 5.70 Å². The molecule has 0 unspecified atom stereocenters. The normalized spacial score (nSPS) is 15.7. The first-order chi connectivity index (χ1) is 13.0. The maximum atomic E-state index is 11.1. The Bertz CT molecular complexity index is 1010. The first-order valence-electron chi connectivity index (χ1n) is 7.19. The minimum absolute atomic E-state index is 0.0752. The van der Waals surface area contributed by atoms with E-state index in [-0.39, 0.29) is 22.2 Å². The Hall–Kier alpha value is -2.76. The fourth-order valence-corrected chi connectivity index (χ4v) is 4.36. The molecule has 136 valence electrons. The van der Waals surface area contributed by atoms with E-state index < -0.39 is 9.85 Å². The topological polar surface area (TPSA) is 123 Å². The van der Waals surface area contributed by atoms with Crippen LogP contribution >= 0.6 is 33.4 Å². The van der Waals surface area contributed by atoms with Crippen molar-refractivity contribution in [1.82, 2.24) is 0 Å². The van der Waals surface area contributed by atoms with Crippen LogP contribution in [0.2, 0.25) is 0 Å². The minimum atomic E-state index is -0.554. The average molecular weight is 422 g/mol. The molecule has 2 aromatic carbocycles. The molecule has 0 amide bonds. The molecule has 0 aliphatic carbocycles. The van der Waals surface area contributed by atoms with Crippen molar-refractivity contribution in [2.24, 2.45) is 14.6 Å². The van der Waals surface area contributed by atoms with E-state index >= 15 is 0 Å². The first-order valence-corrected chi connectivity index (χ1v) is 9.67. The summed E-state index contributed by atoms with van der Waals surface area (Å²) in [4.78, 5) is 21.4. The zero-order valence-corrected chi connectivity index (χ0v) is 15.6. The number of hydrogen-bond donors (Lipinski definition) is 0. The lowest BCUT2D eigenvalue weighted by Crippen LogP contribution is -1.93. The van der Waals surface area contributed by atoms with Crippen LogP contribution in [0, 0.1) is 20.2 Å². The van der Waals surface area contributed by atoms with Gasteiger partial charge in [-0.05, 0) is 29.0 Å². The molecular formula is C15H8ClN5O4S2. The average Bonchev–Trinajstić information content (AvgIpc) is 3.08. The summed E-state index contributed by atoms with van der Waals surface area (Å²) in [7, 11) is 2.40. The van der Waals surface area contributed by atoms with Gasteiger partial charge < -0.3 is 0 Å². The van der Waals surface area contributed by atoms with E-state index in [1.807, 2.05) is 0 Å². The van der Waals surface area contributed by atoms with Gasteiger partial charge in [-0.3, -0.25) is 20.2 Å². The number of halogens is 1. The Balaban J connectivity index is 2.06. The summed E-state index contributed by atoms with van der Waals surface area (Å²) in [5.41, 5.74) is 0.633. The van der Waals surface area contributed by atoms with E-state index in [0.29, 0.717) is 16.2 Å². The van der Waals surface area contributed by atoms with Gasteiger partial charge in [0.15, 0.2) is 10.9 Å². The smallest absolute Gasteiger partial charge is 0.258 e. The molecule has 3 rings (SSSR count).